The second-order valence-corrected chi connectivity index (χ2v) is 15.8. The molecule has 0 aromatic heterocycles. The van der Waals surface area contributed by atoms with Gasteiger partial charge in [-0.3, -0.25) is 4.79 Å². The molecule has 0 aliphatic carbocycles. The lowest BCUT2D eigenvalue weighted by molar-refractivity contribution is -0.0126. The first-order valence-electron chi connectivity index (χ1n) is 10.4. The third-order valence-electron chi connectivity index (χ3n) is 5.92. The number of hydrogen-bond acceptors (Lipinski definition) is 4. The first-order chi connectivity index (χ1) is 13.0. The lowest BCUT2D eigenvalue weighted by Gasteiger charge is -2.44. The molecule has 2 rings (SSSR count). The Morgan fingerprint density at radius 1 is 1.10 bits per heavy atom. The van der Waals surface area contributed by atoms with Gasteiger partial charge in [-0.25, -0.2) is 0 Å². The molecular weight excluding hydrogens is 382 g/mol. The molecule has 0 saturated heterocycles. The van der Waals surface area contributed by atoms with E-state index in [1.54, 1.807) is 13.2 Å². The lowest BCUT2D eigenvalue weighted by atomic mass is 9.96. The Bertz CT molecular complexity index is 772. The van der Waals surface area contributed by atoms with Crippen LogP contribution in [-0.2, 0) is 10.8 Å². The number of nitrogens with one attached hydrogen (secondary N) is 1. The molecule has 0 saturated carbocycles. The highest BCUT2D eigenvalue weighted by atomic mass is 28.4. The van der Waals surface area contributed by atoms with E-state index in [0.717, 1.165) is 11.3 Å². The molecule has 1 amide bonds. The number of carbonyl (C=O) groups is 1. The van der Waals surface area contributed by atoms with Crippen LogP contribution in [0, 0.1) is 0 Å². The molecule has 0 unspecified atom stereocenters. The van der Waals surface area contributed by atoms with Crippen molar-refractivity contribution in [3.05, 3.63) is 23.3 Å². The van der Waals surface area contributed by atoms with E-state index < -0.39 is 13.9 Å². The smallest absolute Gasteiger partial charge is 0.255 e. The van der Waals surface area contributed by atoms with Crippen LogP contribution in [0.15, 0.2) is 12.1 Å². The summed E-state index contributed by atoms with van der Waals surface area (Å²) in [4.78, 5) is 12.9. The maximum Gasteiger partial charge on any atom is 0.255 e. The summed E-state index contributed by atoms with van der Waals surface area (Å²) in [5.41, 5.74) is 0.657. The summed E-state index contributed by atoms with van der Waals surface area (Å²) in [5.74, 6) is 1.22. The molecular formula is C23H39NO4Si. The highest BCUT2D eigenvalue weighted by molar-refractivity contribution is 6.74. The van der Waals surface area contributed by atoms with Crippen LogP contribution < -0.4 is 14.8 Å². The predicted octanol–water partition coefficient (Wildman–Crippen LogP) is 5.33. The van der Waals surface area contributed by atoms with Gasteiger partial charge in [-0.1, -0.05) is 20.8 Å². The molecule has 1 N–H and O–H groups in total. The van der Waals surface area contributed by atoms with Gasteiger partial charge in [0.2, 0.25) is 0 Å². The Kier molecular flexibility index (Phi) is 6.24. The summed E-state index contributed by atoms with van der Waals surface area (Å²) in [6.45, 7) is 21.3. The molecule has 1 aliphatic rings. The molecule has 5 nitrogen and oxygen atoms in total. The maximum atomic E-state index is 12.9. The number of fused-ring (bicyclic) bond motifs is 1. The Morgan fingerprint density at radius 3 is 2.17 bits per heavy atom. The van der Waals surface area contributed by atoms with Gasteiger partial charge in [0.15, 0.2) is 8.32 Å². The van der Waals surface area contributed by atoms with Crippen molar-refractivity contribution in [3.63, 3.8) is 0 Å². The first-order valence-corrected chi connectivity index (χ1v) is 13.3. The van der Waals surface area contributed by atoms with Crippen LogP contribution in [0.25, 0.3) is 0 Å². The maximum absolute atomic E-state index is 12.9. The second-order valence-electron chi connectivity index (χ2n) is 11.1. The molecule has 6 heteroatoms. The van der Waals surface area contributed by atoms with Crippen LogP contribution in [-0.4, -0.2) is 38.6 Å². The molecule has 0 radical (unpaired) electrons. The van der Waals surface area contributed by atoms with Crippen molar-refractivity contribution in [3.8, 4) is 11.5 Å². The van der Waals surface area contributed by atoms with E-state index in [1.165, 1.54) is 0 Å². The first kappa shape index (κ1) is 23.7. The molecule has 29 heavy (non-hydrogen) atoms. The van der Waals surface area contributed by atoms with Crippen LogP contribution in [0.5, 0.6) is 11.5 Å². The van der Waals surface area contributed by atoms with Crippen molar-refractivity contribution in [2.24, 2.45) is 0 Å². The van der Waals surface area contributed by atoms with E-state index in [2.05, 4.69) is 53.0 Å². The number of hydrogen-bond donors (Lipinski definition) is 1. The van der Waals surface area contributed by atoms with Crippen LogP contribution in [0.4, 0.5) is 0 Å². The minimum atomic E-state index is -1.99. The quantitative estimate of drug-likeness (QED) is 0.653. The van der Waals surface area contributed by atoms with Crippen molar-refractivity contribution in [2.75, 3.05) is 7.11 Å². The van der Waals surface area contributed by atoms with Gasteiger partial charge in [0, 0.05) is 17.5 Å². The van der Waals surface area contributed by atoms with Gasteiger partial charge in [0.25, 0.3) is 5.91 Å². The minimum Gasteiger partial charge on any atom is -0.496 e. The zero-order chi connectivity index (χ0) is 22.4. The van der Waals surface area contributed by atoms with Crippen molar-refractivity contribution >= 4 is 14.2 Å². The molecule has 0 bridgehead atoms. The van der Waals surface area contributed by atoms with Crippen LogP contribution >= 0.6 is 0 Å². The zero-order valence-corrected chi connectivity index (χ0v) is 21.1. The SMILES string of the molecule is COc1ccc(C(=O)NC(C)(C)C)c2c1C[C@@H](C(C)(C)O[Si](C)(C)C(C)(C)C)O2. The summed E-state index contributed by atoms with van der Waals surface area (Å²) in [7, 11) is -0.343. The molecule has 0 fully saturated rings. The molecule has 164 valence electrons. The fourth-order valence-corrected chi connectivity index (χ4v) is 5.10. The third-order valence-corrected chi connectivity index (χ3v) is 10.6. The third kappa shape index (κ3) is 5.15. The van der Waals surface area contributed by atoms with E-state index in [9.17, 15) is 4.79 Å². The Labute approximate surface area is 177 Å². The second kappa shape index (κ2) is 7.62. The number of carbonyl (C=O) groups excluding carboxylic acids is 1. The number of amides is 1. The van der Waals surface area contributed by atoms with Crippen LogP contribution in [0.2, 0.25) is 18.1 Å². The normalized spacial score (nSPS) is 17.6. The van der Waals surface area contributed by atoms with Crippen molar-refractivity contribution in [2.45, 2.75) is 97.2 Å². The van der Waals surface area contributed by atoms with E-state index in [0.29, 0.717) is 17.7 Å². The van der Waals surface area contributed by atoms with E-state index in [-0.39, 0.29) is 22.6 Å². The van der Waals surface area contributed by atoms with Gasteiger partial charge in [-0.2, -0.15) is 0 Å². The summed E-state index contributed by atoms with van der Waals surface area (Å²) < 4.78 is 18.7. The topological polar surface area (TPSA) is 56.8 Å². The number of benzene rings is 1. The fourth-order valence-electron chi connectivity index (χ4n) is 3.35. The van der Waals surface area contributed by atoms with Gasteiger partial charge < -0.3 is 19.2 Å². The van der Waals surface area contributed by atoms with Crippen molar-refractivity contribution in [1.29, 1.82) is 0 Å². The van der Waals surface area contributed by atoms with Crippen LogP contribution in [0.3, 0.4) is 0 Å². The van der Waals surface area contributed by atoms with Gasteiger partial charge in [0.05, 0.1) is 18.3 Å². The fraction of sp³-hybridized carbons (Fsp3) is 0.696. The van der Waals surface area contributed by atoms with Crippen LogP contribution in [0.1, 0.15) is 71.3 Å². The Balaban J connectivity index is 2.37. The van der Waals surface area contributed by atoms with Crippen molar-refractivity contribution < 1.29 is 18.7 Å². The average Bonchev–Trinajstić information content (AvgIpc) is 2.96. The highest BCUT2D eigenvalue weighted by Crippen LogP contribution is 2.45. The summed E-state index contributed by atoms with van der Waals surface area (Å²) >= 11 is 0. The standard InChI is InChI=1S/C23H39NO4Si/c1-21(2,3)24-20(25)15-12-13-17(26-9)16-14-18(27-19(15)16)23(7,8)28-29(10,11)22(4,5)6/h12-13,18H,14H2,1-11H3,(H,24,25)/t18-/m0/s1. The predicted molar refractivity (Wildman–Crippen MR) is 121 cm³/mol. The van der Waals surface area contributed by atoms with Gasteiger partial charge in [-0.05, 0) is 64.9 Å². The molecule has 1 aromatic carbocycles. The summed E-state index contributed by atoms with van der Waals surface area (Å²) in [5, 5.41) is 3.13. The van der Waals surface area contributed by atoms with Gasteiger partial charge >= 0.3 is 0 Å². The molecule has 1 aromatic rings. The Hall–Kier alpha value is -1.53. The monoisotopic (exact) mass is 421 g/mol. The molecule has 1 aliphatic heterocycles. The lowest BCUT2D eigenvalue weighted by Crippen LogP contribution is -2.53. The largest absolute Gasteiger partial charge is 0.496 e. The highest BCUT2D eigenvalue weighted by Gasteiger charge is 2.47. The summed E-state index contributed by atoms with van der Waals surface area (Å²) in [6.07, 6.45) is 0.459. The molecule has 1 atom stereocenters. The van der Waals surface area contributed by atoms with Gasteiger partial charge in [0.1, 0.15) is 17.6 Å². The number of methoxy groups -OCH3 is 1. The van der Waals surface area contributed by atoms with E-state index >= 15 is 0 Å². The van der Waals surface area contributed by atoms with E-state index in [4.69, 9.17) is 13.9 Å². The molecule has 0 spiro atoms. The van der Waals surface area contributed by atoms with Crippen molar-refractivity contribution in [1.82, 2.24) is 5.32 Å². The Morgan fingerprint density at radius 2 is 1.69 bits per heavy atom. The summed E-state index contributed by atoms with van der Waals surface area (Å²) in [6, 6.07) is 3.63. The van der Waals surface area contributed by atoms with E-state index in [1.807, 2.05) is 26.8 Å². The minimum absolute atomic E-state index is 0.102. The zero-order valence-electron chi connectivity index (χ0n) is 20.1. The number of ether oxygens (including phenoxy) is 2. The average molecular weight is 422 g/mol. The number of rotatable bonds is 5. The van der Waals surface area contributed by atoms with Gasteiger partial charge in [-0.15, -0.1) is 0 Å². The molecule has 1 heterocycles.